The number of rotatable bonds is 6. The molecular formula is C17H27NO3S. The van der Waals surface area contributed by atoms with E-state index in [2.05, 4.69) is 0 Å². The molecule has 0 spiro atoms. The number of hydrogen-bond donors (Lipinski definition) is 0. The molecule has 124 valence electrons. The van der Waals surface area contributed by atoms with Gasteiger partial charge < -0.3 is 4.74 Å². The van der Waals surface area contributed by atoms with E-state index in [0.29, 0.717) is 6.54 Å². The first-order chi connectivity index (χ1) is 10.6. The van der Waals surface area contributed by atoms with Crippen molar-refractivity contribution < 1.29 is 13.2 Å². The van der Waals surface area contributed by atoms with E-state index in [0.717, 1.165) is 49.8 Å². The van der Waals surface area contributed by atoms with Gasteiger partial charge in [-0.25, -0.2) is 8.42 Å². The van der Waals surface area contributed by atoms with Gasteiger partial charge in [-0.3, -0.25) is 0 Å². The topological polar surface area (TPSA) is 46.6 Å². The molecule has 0 amide bonds. The molecule has 2 rings (SSSR count). The van der Waals surface area contributed by atoms with Crippen LogP contribution in [0.1, 0.15) is 57.1 Å². The molecule has 0 bridgehead atoms. The lowest BCUT2D eigenvalue weighted by Crippen LogP contribution is -2.36. The Hall–Kier alpha value is -1.07. The molecule has 1 saturated heterocycles. The Morgan fingerprint density at radius 1 is 1.18 bits per heavy atom. The maximum atomic E-state index is 12.7. The van der Waals surface area contributed by atoms with Crippen LogP contribution in [0, 0.1) is 0 Å². The second-order valence-corrected chi connectivity index (χ2v) is 7.96. The Bertz CT molecular complexity index is 554. The quantitative estimate of drug-likeness (QED) is 0.800. The van der Waals surface area contributed by atoms with Gasteiger partial charge in [0.25, 0.3) is 0 Å². The number of unbranched alkanes of at least 4 members (excludes halogenated alkanes) is 1. The molecule has 1 atom stereocenters. The van der Waals surface area contributed by atoms with Crippen molar-refractivity contribution in [2.75, 3.05) is 19.4 Å². The minimum absolute atomic E-state index is 0.0322. The van der Waals surface area contributed by atoms with Crippen LogP contribution in [0.15, 0.2) is 24.3 Å². The molecular weight excluding hydrogens is 298 g/mol. The van der Waals surface area contributed by atoms with Gasteiger partial charge in [0.15, 0.2) is 0 Å². The normalized spacial score (nSPS) is 20.5. The first-order valence-corrected chi connectivity index (χ1v) is 9.83. The fraction of sp³-hybridized carbons (Fsp3) is 0.647. The molecule has 0 aliphatic carbocycles. The van der Waals surface area contributed by atoms with Crippen molar-refractivity contribution in [3.63, 3.8) is 0 Å². The third kappa shape index (κ3) is 4.23. The Labute approximate surface area is 134 Å². The van der Waals surface area contributed by atoms with E-state index in [1.807, 2.05) is 31.2 Å². The van der Waals surface area contributed by atoms with Crippen LogP contribution in [0.25, 0.3) is 0 Å². The van der Waals surface area contributed by atoms with Crippen LogP contribution in [0.5, 0.6) is 5.75 Å². The molecule has 0 saturated carbocycles. The Morgan fingerprint density at radius 3 is 2.55 bits per heavy atom. The van der Waals surface area contributed by atoms with Gasteiger partial charge in [-0.05, 0) is 37.0 Å². The van der Waals surface area contributed by atoms with Crippen molar-refractivity contribution >= 4 is 10.0 Å². The summed E-state index contributed by atoms with van der Waals surface area (Å²) in [7, 11) is -1.54. The lowest BCUT2D eigenvalue weighted by Gasteiger charge is -2.29. The number of methoxy groups -OCH3 is 1. The van der Waals surface area contributed by atoms with E-state index in [9.17, 15) is 8.42 Å². The Kier molecular flexibility index (Phi) is 6.26. The van der Waals surface area contributed by atoms with Gasteiger partial charge in [0.1, 0.15) is 5.75 Å². The second kappa shape index (κ2) is 7.97. The lowest BCUT2D eigenvalue weighted by molar-refractivity contribution is 0.328. The van der Waals surface area contributed by atoms with Crippen LogP contribution < -0.4 is 4.74 Å². The van der Waals surface area contributed by atoms with Gasteiger partial charge in [-0.1, -0.05) is 38.3 Å². The summed E-state index contributed by atoms with van der Waals surface area (Å²) in [6, 6.07) is 7.79. The van der Waals surface area contributed by atoms with Crippen LogP contribution in [0.3, 0.4) is 0 Å². The van der Waals surface area contributed by atoms with E-state index < -0.39 is 10.0 Å². The molecule has 1 aliphatic rings. The van der Waals surface area contributed by atoms with Crippen molar-refractivity contribution in [3.8, 4) is 5.75 Å². The van der Waals surface area contributed by atoms with E-state index in [1.165, 1.54) is 0 Å². The Balaban J connectivity index is 2.26. The maximum absolute atomic E-state index is 12.7. The van der Waals surface area contributed by atoms with E-state index in [1.54, 1.807) is 11.4 Å². The highest BCUT2D eigenvalue weighted by Crippen LogP contribution is 2.33. The zero-order valence-corrected chi connectivity index (χ0v) is 14.4. The summed E-state index contributed by atoms with van der Waals surface area (Å²) in [5, 5.41) is 0. The molecule has 0 aromatic heterocycles. The zero-order valence-electron chi connectivity index (χ0n) is 13.6. The summed E-state index contributed by atoms with van der Waals surface area (Å²) in [5.41, 5.74) is 1.07. The van der Waals surface area contributed by atoms with Gasteiger partial charge in [-0.15, -0.1) is 0 Å². The summed E-state index contributed by atoms with van der Waals surface area (Å²) in [4.78, 5) is 0. The van der Waals surface area contributed by atoms with Crippen LogP contribution in [-0.4, -0.2) is 32.1 Å². The van der Waals surface area contributed by atoms with Crippen molar-refractivity contribution in [1.29, 1.82) is 0 Å². The zero-order chi connectivity index (χ0) is 16.0. The number of sulfonamides is 1. The van der Waals surface area contributed by atoms with E-state index >= 15 is 0 Å². The molecule has 1 fully saturated rings. The van der Waals surface area contributed by atoms with Gasteiger partial charge >= 0.3 is 0 Å². The summed E-state index contributed by atoms with van der Waals surface area (Å²) in [6.07, 6.45) is 5.67. The minimum Gasteiger partial charge on any atom is -0.497 e. The van der Waals surface area contributed by atoms with Crippen molar-refractivity contribution in [2.24, 2.45) is 0 Å². The summed E-state index contributed by atoms with van der Waals surface area (Å²) >= 11 is 0. The fourth-order valence-electron chi connectivity index (χ4n) is 3.02. The van der Waals surface area contributed by atoms with Gasteiger partial charge in [0, 0.05) is 12.6 Å². The number of ether oxygens (including phenoxy) is 1. The smallest absolute Gasteiger partial charge is 0.214 e. The summed E-state index contributed by atoms with van der Waals surface area (Å²) < 4.78 is 32.4. The highest BCUT2D eigenvalue weighted by Gasteiger charge is 2.31. The van der Waals surface area contributed by atoms with Crippen molar-refractivity contribution in [3.05, 3.63) is 29.8 Å². The lowest BCUT2D eigenvalue weighted by atomic mass is 10.0. The highest BCUT2D eigenvalue weighted by atomic mass is 32.2. The predicted molar refractivity (Wildman–Crippen MR) is 89.6 cm³/mol. The first-order valence-electron chi connectivity index (χ1n) is 8.22. The fourth-order valence-corrected chi connectivity index (χ4v) is 4.93. The third-order valence-electron chi connectivity index (χ3n) is 4.32. The van der Waals surface area contributed by atoms with Crippen LogP contribution in [0.4, 0.5) is 0 Å². The number of hydrogen-bond acceptors (Lipinski definition) is 3. The number of benzene rings is 1. The standard InChI is InChI=1S/C17H27NO3S/c1-3-4-14-22(19,20)18-13-7-5-6-8-17(18)15-9-11-16(21-2)12-10-15/h9-12,17H,3-8,13-14H2,1-2H3. The van der Waals surface area contributed by atoms with Gasteiger partial charge in [0.2, 0.25) is 10.0 Å². The summed E-state index contributed by atoms with van der Waals surface area (Å²) in [5.74, 6) is 1.06. The number of nitrogens with zero attached hydrogens (tertiary/aromatic N) is 1. The maximum Gasteiger partial charge on any atom is 0.214 e. The SMILES string of the molecule is CCCCS(=O)(=O)N1CCCCCC1c1ccc(OC)cc1. The van der Waals surface area contributed by atoms with Gasteiger partial charge in [0.05, 0.1) is 12.9 Å². The average Bonchev–Trinajstić information content (AvgIpc) is 2.79. The largest absolute Gasteiger partial charge is 0.497 e. The minimum atomic E-state index is -3.18. The molecule has 5 heteroatoms. The molecule has 1 aromatic carbocycles. The van der Waals surface area contributed by atoms with E-state index in [-0.39, 0.29) is 11.8 Å². The second-order valence-electron chi connectivity index (χ2n) is 5.92. The molecule has 22 heavy (non-hydrogen) atoms. The van der Waals surface area contributed by atoms with Crippen LogP contribution in [0.2, 0.25) is 0 Å². The average molecular weight is 325 g/mol. The summed E-state index contributed by atoms with van der Waals surface area (Å²) in [6.45, 7) is 2.67. The van der Waals surface area contributed by atoms with Gasteiger partial charge in [-0.2, -0.15) is 4.31 Å². The molecule has 0 N–H and O–H groups in total. The highest BCUT2D eigenvalue weighted by molar-refractivity contribution is 7.89. The molecule has 1 unspecified atom stereocenters. The first kappa shape index (κ1) is 17.3. The molecule has 1 heterocycles. The van der Waals surface area contributed by atoms with Crippen LogP contribution >= 0.6 is 0 Å². The molecule has 1 aliphatic heterocycles. The van der Waals surface area contributed by atoms with Crippen molar-refractivity contribution in [2.45, 2.75) is 51.5 Å². The molecule has 4 nitrogen and oxygen atoms in total. The van der Waals surface area contributed by atoms with E-state index in [4.69, 9.17) is 4.74 Å². The predicted octanol–water partition coefficient (Wildman–Crippen LogP) is 3.74. The monoisotopic (exact) mass is 325 g/mol. The molecule has 1 aromatic rings. The van der Waals surface area contributed by atoms with Crippen LogP contribution in [-0.2, 0) is 10.0 Å². The Morgan fingerprint density at radius 2 is 1.91 bits per heavy atom. The molecule has 0 radical (unpaired) electrons. The third-order valence-corrected chi connectivity index (χ3v) is 6.27. The van der Waals surface area contributed by atoms with Crippen molar-refractivity contribution in [1.82, 2.24) is 4.31 Å².